The number of aromatic nitrogens is 3. The molecule has 0 fully saturated rings. The van der Waals surface area contributed by atoms with Crippen LogP contribution in [0.5, 0.6) is 0 Å². The van der Waals surface area contributed by atoms with Gasteiger partial charge in [-0.25, -0.2) is 9.97 Å². The predicted molar refractivity (Wildman–Crippen MR) is 93.0 cm³/mol. The Morgan fingerprint density at radius 1 is 1.08 bits per heavy atom. The Morgan fingerprint density at radius 3 is 2.71 bits per heavy atom. The van der Waals surface area contributed by atoms with Gasteiger partial charge in [0.15, 0.2) is 0 Å². The van der Waals surface area contributed by atoms with Crippen molar-refractivity contribution in [3.05, 3.63) is 77.3 Å². The minimum absolute atomic E-state index is 0.266. The van der Waals surface area contributed by atoms with E-state index in [4.69, 9.17) is 11.6 Å². The molecule has 0 aliphatic heterocycles. The molecule has 2 N–H and O–H groups in total. The van der Waals surface area contributed by atoms with E-state index in [1.165, 1.54) is 6.20 Å². The number of nitrogens with zero attached hydrogens (tertiary/aromatic N) is 3. The van der Waals surface area contributed by atoms with Crippen LogP contribution in [0.4, 0.5) is 11.6 Å². The third-order valence-electron chi connectivity index (χ3n) is 3.17. The number of rotatable bonds is 5. The number of nitrogens with one attached hydrogen (secondary N) is 2. The van der Waals surface area contributed by atoms with Gasteiger partial charge < -0.3 is 10.6 Å². The molecule has 0 saturated carbocycles. The molecule has 24 heavy (non-hydrogen) atoms. The summed E-state index contributed by atoms with van der Waals surface area (Å²) in [5.41, 5.74) is 1.92. The lowest BCUT2D eigenvalue weighted by Gasteiger charge is -2.07. The molecule has 0 radical (unpaired) electrons. The number of anilines is 2. The van der Waals surface area contributed by atoms with Crippen LogP contribution in [0.2, 0.25) is 5.02 Å². The van der Waals surface area contributed by atoms with Gasteiger partial charge in [-0.05, 0) is 42.0 Å². The van der Waals surface area contributed by atoms with Crippen molar-refractivity contribution in [1.82, 2.24) is 15.0 Å². The van der Waals surface area contributed by atoms with Crippen molar-refractivity contribution in [2.24, 2.45) is 0 Å². The first-order chi connectivity index (χ1) is 11.7. The summed E-state index contributed by atoms with van der Waals surface area (Å²) in [6.07, 6.45) is 4.97. The summed E-state index contributed by atoms with van der Waals surface area (Å²) in [7, 11) is 0. The predicted octanol–water partition coefficient (Wildman–Crippen LogP) is 3.39. The first-order valence-electron chi connectivity index (χ1n) is 7.23. The Labute approximate surface area is 143 Å². The molecule has 2 aromatic heterocycles. The molecule has 3 aromatic rings. The maximum atomic E-state index is 12.3. The monoisotopic (exact) mass is 339 g/mol. The molecule has 0 spiro atoms. The van der Waals surface area contributed by atoms with Gasteiger partial charge in [0.2, 0.25) is 5.95 Å². The Morgan fingerprint density at radius 2 is 1.92 bits per heavy atom. The van der Waals surface area contributed by atoms with E-state index >= 15 is 0 Å². The van der Waals surface area contributed by atoms with Crippen molar-refractivity contribution in [2.75, 3.05) is 10.6 Å². The quantitative estimate of drug-likeness (QED) is 0.744. The summed E-state index contributed by atoms with van der Waals surface area (Å²) < 4.78 is 0. The maximum Gasteiger partial charge on any atom is 0.274 e. The molecule has 3 rings (SSSR count). The van der Waals surface area contributed by atoms with Crippen LogP contribution < -0.4 is 10.6 Å². The number of amides is 1. The first-order valence-corrected chi connectivity index (χ1v) is 7.61. The minimum Gasteiger partial charge on any atom is -0.350 e. The normalized spacial score (nSPS) is 10.2. The van der Waals surface area contributed by atoms with Crippen LogP contribution in [-0.2, 0) is 6.54 Å². The molecule has 0 aliphatic carbocycles. The molecule has 0 atom stereocenters. The molecular formula is C17H14ClN5O. The Kier molecular flexibility index (Phi) is 4.98. The lowest BCUT2D eigenvalue weighted by molar-refractivity contribution is 0.102. The van der Waals surface area contributed by atoms with Crippen LogP contribution in [0.3, 0.4) is 0 Å². The Hall–Kier alpha value is -2.99. The molecule has 0 saturated heterocycles. The Balaban J connectivity index is 1.67. The highest BCUT2D eigenvalue weighted by Crippen LogP contribution is 2.15. The van der Waals surface area contributed by atoms with Crippen LogP contribution in [0.15, 0.2) is 61.1 Å². The van der Waals surface area contributed by atoms with Crippen molar-refractivity contribution >= 4 is 29.1 Å². The zero-order valence-electron chi connectivity index (χ0n) is 12.6. The van der Waals surface area contributed by atoms with E-state index in [0.29, 0.717) is 23.2 Å². The summed E-state index contributed by atoms with van der Waals surface area (Å²) >= 11 is 5.91. The van der Waals surface area contributed by atoms with Crippen LogP contribution in [0, 0.1) is 0 Å². The minimum atomic E-state index is -0.327. The second kappa shape index (κ2) is 7.52. The van der Waals surface area contributed by atoms with Gasteiger partial charge >= 0.3 is 0 Å². The maximum absolute atomic E-state index is 12.3. The van der Waals surface area contributed by atoms with Gasteiger partial charge in [-0.2, -0.15) is 0 Å². The summed E-state index contributed by atoms with van der Waals surface area (Å²) in [5.74, 6) is 0.0529. The lowest BCUT2D eigenvalue weighted by atomic mass is 10.3. The van der Waals surface area contributed by atoms with E-state index in [9.17, 15) is 4.79 Å². The summed E-state index contributed by atoms with van der Waals surface area (Å²) in [4.78, 5) is 24.6. The topological polar surface area (TPSA) is 79.8 Å². The second-order valence-corrected chi connectivity index (χ2v) is 5.38. The van der Waals surface area contributed by atoms with Crippen LogP contribution >= 0.6 is 11.6 Å². The fraction of sp³-hybridized carbons (Fsp3) is 0.0588. The highest BCUT2D eigenvalue weighted by Gasteiger charge is 2.09. The summed E-state index contributed by atoms with van der Waals surface area (Å²) in [6, 6.07) is 12.3. The van der Waals surface area contributed by atoms with Crippen LogP contribution in [0.1, 0.15) is 16.1 Å². The lowest BCUT2D eigenvalue weighted by Crippen LogP contribution is -2.15. The molecule has 1 amide bonds. The van der Waals surface area contributed by atoms with E-state index in [1.54, 1.807) is 42.7 Å². The molecule has 0 unspecified atom stereocenters. The molecular weight excluding hydrogens is 326 g/mol. The van der Waals surface area contributed by atoms with Crippen molar-refractivity contribution < 1.29 is 4.79 Å². The number of halogens is 1. The molecule has 0 bridgehead atoms. The fourth-order valence-corrected chi connectivity index (χ4v) is 2.20. The standard InChI is InChI=1S/C17H14ClN5O/c18-13-2-1-3-14(10-13)22-16(24)15-6-9-20-17(23-15)21-11-12-4-7-19-8-5-12/h1-10H,11H2,(H,22,24)(H,20,21,23). The van der Waals surface area contributed by atoms with Crippen molar-refractivity contribution in [1.29, 1.82) is 0 Å². The van der Waals surface area contributed by atoms with Gasteiger partial charge in [-0.15, -0.1) is 0 Å². The van der Waals surface area contributed by atoms with Gasteiger partial charge in [-0.3, -0.25) is 9.78 Å². The van der Waals surface area contributed by atoms with Crippen molar-refractivity contribution in [2.45, 2.75) is 6.54 Å². The molecule has 0 aliphatic rings. The zero-order chi connectivity index (χ0) is 16.8. The highest BCUT2D eigenvalue weighted by atomic mass is 35.5. The number of pyridine rings is 1. The van der Waals surface area contributed by atoms with Gasteiger partial charge in [0.05, 0.1) is 0 Å². The average molecular weight is 340 g/mol. The number of carbonyl (C=O) groups is 1. The van der Waals surface area contributed by atoms with E-state index < -0.39 is 0 Å². The smallest absolute Gasteiger partial charge is 0.274 e. The number of hydrogen-bond acceptors (Lipinski definition) is 5. The Bertz CT molecular complexity index is 841. The third-order valence-corrected chi connectivity index (χ3v) is 3.41. The SMILES string of the molecule is O=C(Nc1cccc(Cl)c1)c1ccnc(NCc2ccncc2)n1. The van der Waals surface area contributed by atoms with Crippen LogP contribution in [-0.4, -0.2) is 20.9 Å². The molecule has 1 aromatic carbocycles. The molecule has 120 valence electrons. The van der Waals surface area contributed by atoms with Gasteiger partial charge in [0.1, 0.15) is 5.69 Å². The highest BCUT2D eigenvalue weighted by molar-refractivity contribution is 6.30. The third kappa shape index (κ3) is 4.27. The molecule has 2 heterocycles. The fourth-order valence-electron chi connectivity index (χ4n) is 2.01. The first kappa shape index (κ1) is 15.9. The van der Waals surface area contributed by atoms with E-state index in [0.717, 1.165) is 5.56 Å². The zero-order valence-corrected chi connectivity index (χ0v) is 13.4. The number of hydrogen-bond donors (Lipinski definition) is 2. The number of carbonyl (C=O) groups excluding carboxylic acids is 1. The second-order valence-electron chi connectivity index (χ2n) is 4.94. The van der Waals surface area contributed by atoms with Crippen molar-refractivity contribution in [3.63, 3.8) is 0 Å². The number of benzene rings is 1. The largest absolute Gasteiger partial charge is 0.350 e. The van der Waals surface area contributed by atoms with Gasteiger partial charge in [0, 0.05) is 35.8 Å². The van der Waals surface area contributed by atoms with Crippen molar-refractivity contribution in [3.8, 4) is 0 Å². The van der Waals surface area contributed by atoms with Gasteiger partial charge in [-0.1, -0.05) is 17.7 Å². The molecule has 6 nitrogen and oxygen atoms in total. The average Bonchev–Trinajstić information content (AvgIpc) is 2.61. The van der Waals surface area contributed by atoms with Crippen LogP contribution in [0.25, 0.3) is 0 Å². The summed E-state index contributed by atoms with van der Waals surface area (Å²) in [6.45, 7) is 0.544. The van der Waals surface area contributed by atoms with E-state index in [-0.39, 0.29) is 11.6 Å². The summed E-state index contributed by atoms with van der Waals surface area (Å²) in [5, 5.41) is 6.38. The van der Waals surface area contributed by atoms with Gasteiger partial charge in [0.25, 0.3) is 5.91 Å². The molecule has 7 heteroatoms. The van der Waals surface area contributed by atoms with E-state index in [1.807, 2.05) is 12.1 Å². The van der Waals surface area contributed by atoms with E-state index in [2.05, 4.69) is 25.6 Å².